The minimum atomic E-state index is -0.696. The van der Waals surface area contributed by atoms with Crippen LogP contribution in [0.15, 0.2) is 5.16 Å². The molecule has 0 atom stereocenters. The van der Waals surface area contributed by atoms with Crippen LogP contribution in [0.25, 0.3) is 0 Å². The van der Waals surface area contributed by atoms with Gasteiger partial charge in [-0.15, -0.1) is 5.16 Å². The summed E-state index contributed by atoms with van der Waals surface area (Å²) in [5.41, 5.74) is 0. The third kappa shape index (κ3) is 12.9. The van der Waals surface area contributed by atoms with E-state index in [4.69, 9.17) is 10.3 Å². The average molecular weight is 215 g/mol. The number of carbonyl (C=O) groups is 1. The number of rotatable bonds is 10. The zero-order chi connectivity index (χ0) is 11.4. The molecule has 0 aliphatic carbocycles. The van der Waals surface area contributed by atoms with E-state index in [2.05, 4.69) is 5.16 Å². The van der Waals surface area contributed by atoms with Gasteiger partial charge in [-0.25, -0.2) is 0 Å². The number of nitrogens with zero attached hydrogens (tertiary/aromatic N) is 1. The summed E-state index contributed by atoms with van der Waals surface area (Å²) in [5.74, 6) is -0.696. The standard InChI is InChI=1S/C11H21NO3/c13-11(14)9-7-5-3-1-2-4-6-8-10-12-15/h10,15H,1-9H2,(H,13,14)/b12-10+. The molecule has 0 aromatic heterocycles. The number of aliphatic carboxylic acids is 1. The van der Waals surface area contributed by atoms with Gasteiger partial charge in [-0.2, -0.15) is 0 Å². The Morgan fingerprint density at radius 1 is 1.00 bits per heavy atom. The van der Waals surface area contributed by atoms with Gasteiger partial charge in [0.15, 0.2) is 0 Å². The molecule has 0 rings (SSSR count). The molecule has 0 aromatic rings. The van der Waals surface area contributed by atoms with Gasteiger partial charge >= 0.3 is 5.97 Å². The van der Waals surface area contributed by atoms with Crippen molar-refractivity contribution < 1.29 is 15.1 Å². The summed E-state index contributed by atoms with van der Waals surface area (Å²) >= 11 is 0. The summed E-state index contributed by atoms with van der Waals surface area (Å²) in [5, 5.41) is 19.5. The number of unbranched alkanes of at least 4 members (excludes halogenated alkanes) is 7. The average Bonchev–Trinajstić information content (AvgIpc) is 2.20. The molecule has 0 heterocycles. The molecule has 0 aliphatic heterocycles. The highest BCUT2D eigenvalue weighted by molar-refractivity contribution is 5.66. The van der Waals surface area contributed by atoms with Gasteiger partial charge in [-0.05, 0) is 19.3 Å². The van der Waals surface area contributed by atoms with Crippen LogP contribution in [0.3, 0.4) is 0 Å². The summed E-state index contributed by atoms with van der Waals surface area (Å²) < 4.78 is 0. The van der Waals surface area contributed by atoms with Crippen LogP contribution in [0.5, 0.6) is 0 Å². The van der Waals surface area contributed by atoms with Crippen LogP contribution in [0, 0.1) is 0 Å². The van der Waals surface area contributed by atoms with E-state index >= 15 is 0 Å². The lowest BCUT2D eigenvalue weighted by atomic mass is 10.1. The summed E-state index contributed by atoms with van der Waals surface area (Å²) in [4.78, 5) is 10.2. The van der Waals surface area contributed by atoms with E-state index in [0.717, 1.165) is 38.5 Å². The molecule has 0 amide bonds. The molecule has 4 heteroatoms. The van der Waals surface area contributed by atoms with Crippen molar-refractivity contribution in [1.29, 1.82) is 0 Å². The van der Waals surface area contributed by atoms with E-state index in [1.165, 1.54) is 19.1 Å². The molecule has 0 radical (unpaired) electrons. The molecule has 0 fully saturated rings. The van der Waals surface area contributed by atoms with Crippen LogP contribution >= 0.6 is 0 Å². The third-order valence-corrected chi connectivity index (χ3v) is 2.31. The Morgan fingerprint density at radius 2 is 1.53 bits per heavy atom. The normalized spacial score (nSPS) is 10.9. The van der Waals surface area contributed by atoms with Crippen LogP contribution in [0.4, 0.5) is 0 Å². The molecular formula is C11H21NO3. The summed E-state index contributed by atoms with van der Waals surface area (Å²) in [6, 6.07) is 0. The maximum atomic E-state index is 10.2. The molecule has 15 heavy (non-hydrogen) atoms. The topological polar surface area (TPSA) is 69.9 Å². The van der Waals surface area contributed by atoms with Gasteiger partial charge in [0.25, 0.3) is 0 Å². The second-order valence-corrected chi connectivity index (χ2v) is 3.71. The minimum absolute atomic E-state index is 0.299. The second kappa shape index (κ2) is 11.0. The van der Waals surface area contributed by atoms with Gasteiger partial charge in [0.2, 0.25) is 0 Å². The first-order valence-electron chi connectivity index (χ1n) is 5.65. The number of hydrogen-bond acceptors (Lipinski definition) is 3. The van der Waals surface area contributed by atoms with Gasteiger partial charge < -0.3 is 10.3 Å². The summed E-state index contributed by atoms with van der Waals surface area (Å²) in [6.07, 6.45) is 10.2. The second-order valence-electron chi connectivity index (χ2n) is 3.71. The van der Waals surface area contributed by atoms with Crippen molar-refractivity contribution in [2.24, 2.45) is 5.16 Å². The highest BCUT2D eigenvalue weighted by atomic mass is 16.4. The lowest BCUT2D eigenvalue weighted by molar-refractivity contribution is -0.137. The van der Waals surface area contributed by atoms with E-state index in [1.54, 1.807) is 0 Å². The van der Waals surface area contributed by atoms with Crippen LogP contribution in [-0.4, -0.2) is 22.5 Å². The lowest BCUT2D eigenvalue weighted by Gasteiger charge is -1.99. The quantitative estimate of drug-likeness (QED) is 0.255. The van der Waals surface area contributed by atoms with E-state index in [-0.39, 0.29) is 0 Å². The molecule has 2 N–H and O–H groups in total. The van der Waals surface area contributed by atoms with E-state index < -0.39 is 5.97 Å². The fraction of sp³-hybridized carbons (Fsp3) is 0.818. The number of oxime groups is 1. The number of carboxylic acids is 1. The monoisotopic (exact) mass is 215 g/mol. The van der Waals surface area contributed by atoms with Gasteiger partial charge in [0.05, 0.1) is 0 Å². The van der Waals surface area contributed by atoms with Crippen molar-refractivity contribution >= 4 is 12.2 Å². The van der Waals surface area contributed by atoms with Crippen molar-refractivity contribution in [2.45, 2.75) is 57.8 Å². The zero-order valence-electron chi connectivity index (χ0n) is 9.19. The van der Waals surface area contributed by atoms with Gasteiger partial charge in [-0.1, -0.05) is 32.1 Å². The van der Waals surface area contributed by atoms with Crippen LogP contribution in [0.1, 0.15) is 57.8 Å². The molecule has 0 aromatic carbocycles. The molecule has 0 saturated carbocycles. The fourth-order valence-corrected chi connectivity index (χ4v) is 1.45. The zero-order valence-corrected chi connectivity index (χ0v) is 9.19. The van der Waals surface area contributed by atoms with Crippen molar-refractivity contribution in [3.63, 3.8) is 0 Å². The molecular weight excluding hydrogens is 194 g/mol. The van der Waals surface area contributed by atoms with E-state index in [1.807, 2.05) is 0 Å². The first kappa shape index (κ1) is 13.9. The molecule has 0 saturated heterocycles. The molecule has 0 aliphatic rings. The molecule has 88 valence electrons. The number of carboxylic acid groups (broad SMARTS) is 1. The Kier molecular flexibility index (Phi) is 10.2. The highest BCUT2D eigenvalue weighted by Crippen LogP contribution is 2.09. The first-order chi connectivity index (χ1) is 7.27. The van der Waals surface area contributed by atoms with Crippen LogP contribution in [-0.2, 0) is 4.79 Å². The predicted molar refractivity (Wildman–Crippen MR) is 59.5 cm³/mol. The Bertz CT molecular complexity index is 181. The van der Waals surface area contributed by atoms with Crippen LogP contribution < -0.4 is 0 Å². The Morgan fingerprint density at radius 3 is 2.07 bits per heavy atom. The smallest absolute Gasteiger partial charge is 0.303 e. The molecule has 4 nitrogen and oxygen atoms in total. The van der Waals surface area contributed by atoms with Crippen molar-refractivity contribution in [2.75, 3.05) is 0 Å². The predicted octanol–water partition coefficient (Wildman–Crippen LogP) is 3.04. The third-order valence-electron chi connectivity index (χ3n) is 2.31. The largest absolute Gasteiger partial charge is 0.481 e. The minimum Gasteiger partial charge on any atom is -0.481 e. The van der Waals surface area contributed by atoms with Crippen LogP contribution in [0.2, 0.25) is 0 Å². The Balaban J connectivity index is 2.95. The molecule has 0 spiro atoms. The highest BCUT2D eigenvalue weighted by Gasteiger charge is 1.96. The number of hydrogen-bond donors (Lipinski definition) is 2. The Labute approximate surface area is 91.0 Å². The van der Waals surface area contributed by atoms with Crippen molar-refractivity contribution in [3.05, 3.63) is 0 Å². The SMILES string of the molecule is O=C(O)CCCCCCCCC/C=N/O. The van der Waals surface area contributed by atoms with Gasteiger partial charge in [0, 0.05) is 12.6 Å². The van der Waals surface area contributed by atoms with Crippen molar-refractivity contribution in [3.8, 4) is 0 Å². The molecule has 0 bridgehead atoms. The lowest BCUT2D eigenvalue weighted by Crippen LogP contribution is -1.93. The van der Waals surface area contributed by atoms with Gasteiger partial charge in [0.1, 0.15) is 0 Å². The fourth-order valence-electron chi connectivity index (χ4n) is 1.45. The van der Waals surface area contributed by atoms with Gasteiger partial charge in [-0.3, -0.25) is 4.79 Å². The Hall–Kier alpha value is -1.06. The summed E-state index contributed by atoms with van der Waals surface area (Å²) in [7, 11) is 0. The molecule has 0 unspecified atom stereocenters. The maximum absolute atomic E-state index is 10.2. The maximum Gasteiger partial charge on any atom is 0.303 e. The van der Waals surface area contributed by atoms with E-state index in [9.17, 15) is 4.79 Å². The first-order valence-corrected chi connectivity index (χ1v) is 5.65. The van der Waals surface area contributed by atoms with Crippen molar-refractivity contribution in [1.82, 2.24) is 0 Å². The van der Waals surface area contributed by atoms with E-state index in [0.29, 0.717) is 6.42 Å². The summed E-state index contributed by atoms with van der Waals surface area (Å²) in [6.45, 7) is 0.